The molecule has 0 spiro atoms. The number of rotatable bonds is 10. The standard InChI is InChI=1S/C35H40N4O3/c36-21-27-11-15-29(16-12-27)23-38-31(19-25-7-3-1-4-8-25)33(40)34(41)32(20-26-9-5-2-6-10-26)39(35(38)42)24-30-17-13-28(22-37)14-18-30/h1-18,31-34,40-41H,19-24,36-37H2. The highest BCUT2D eigenvalue weighted by Crippen LogP contribution is 2.30. The zero-order valence-electron chi connectivity index (χ0n) is 23.8. The highest BCUT2D eigenvalue weighted by molar-refractivity contribution is 5.76. The molecule has 0 aromatic heterocycles. The van der Waals surface area contributed by atoms with E-state index < -0.39 is 24.3 Å². The van der Waals surface area contributed by atoms with Crippen LogP contribution in [-0.4, -0.2) is 50.3 Å². The van der Waals surface area contributed by atoms with E-state index in [9.17, 15) is 15.0 Å². The minimum Gasteiger partial charge on any atom is -0.388 e. The van der Waals surface area contributed by atoms with Crippen molar-refractivity contribution in [1.82, 2.24) is 9.80 Å². The molecule has 1 heterocycles. The molecular weight excluding hydrogens is 524 g/mol. The molecule has 1 saturated heterocycles. The molecule has 7 heteroatoms. The molecule has 6 N–H and O–H groups in total. The quantitative estimate of drug-likeness (QED) is 0.233. The first-order valence-electron chi connectivity index (χ1n) is 14.5. The minimum atomic E-state index is -1.17. The van der Waals surface area contributed by atoms with Gasteiger partial charge in [0.2, 0.25) is 0 Å². The molecule has 0 radical (unpaired) electrons. The Morgan fingerprint density at radius 2 is 0.833 bits per heavy atom. The lowest BCUT2D eigenvalue weighted by atomic mass is 9.91. The van der Waals surface area contributed by atoms with E-state index in [-0.39, 0.29) is 19.1 Å². The first kappa shape index (κ1) is 29.5. The number of hydrogen-bond donors (Lipinski definition) is 4. The van der Waals surface area contributed by atoms with Gasteiger partial charge in [-0.05, 0) is 46.2 Å². The first-order chi connectivity index (χ1) is 20.5. The lowest BCUT2D eigenvalue weighted by Crippen LogP contribution is -2.50. The van der Waals surface area contributed by atoms with Gasteiger partial charge >= 0.3 is 6.03 Å². The summed E-state index contributed by atoms with van der Waals surface area (Å²) in [5, 5.41) is 23.7. The molecule has 4 unspecified atom stereocenters. The summed E-state index contributed by atoms with van der Waals surface area (Å²) in [6.45, 7) is 1.43. The molecule has 4 aromatic rings. The Morgan fingerprint density at radius 1 is 0.500 bits per heavy atom. The van der Waals surface area contributed by atoms with Crippen LogP contribution in [0.3, 0.4) is 0 Å². The van der Waals surface area contributed by atoms with Crippen molar-refractivity contribution in [2.75, 3.05) is 0 Å². The number of hydrogen-bond acceptors (Lipinski definition) is 5. The van der Waals surface area contributed by atoms with Crippen LogP contribution in [0.5, 0.6) is 0 Å². The summed E-state index contributed by atoms with van der Waals surface area (Å²) >= 11 is 0. The average Bonchev–Trinajstić information content (AvgIpc) is 3.10. The highest BCUT2D eigenvalue weighted by Gasteiger charge is 2.46. The van der Waals surface area contributed by atoms with Crippen LogP contribution in [0.15, 0.2) is 109 Å². The maximum Gasteiger partial charge on any atom is 0.321 e. The van der Waals surface area contributed by atoms with E-state index in [1.165, 1.54) is 0 Å². The van der Waals surface area contributed by atoms with Gasteiger partial charge in [0.25, 0.3) is 0 Å². The maximum atomic E-state index is 14.7. The lowest BCUT2D eigenvalue weighted by molar-refractivity contribution is -0.0408. The molecule has 2 amide bonds. The van der Waals surface area contributed by atoms with Crippen LogP contribution >= 0.6 is 0 Å². The van der Waals surface area contributed by atoms with Crippen LogP contribution in [-0.2, 0) is 39.0 Å². The summed E-state index contributed by atoms with van der Waals surface area (Å²) in [7, 11) is 0. The third-order valence-electron chi connectivity index (χ3n) is 8.23. The van der Waals surface area contributed by atoms with E-state index in [0.717, 1.165) is 33.4 Å². The van der Waals surface area contributed by atoms with Gasteiger partial charge in [-0.3, -0.25) is 0 Å². The third-order valence-corrected chi connectivity index (χ3v) is 8.23. The second-order valence-electron chi connectivity index (χ2n) is 11.1. The molecule has 42 heavy (non-hydrogen) atoms. The van der Waals surface area contributed by atoms with Crippen LogP contribution in [0.4, 0.5) is 4.79 Å². The van der Waals surface area contributed by atoms with Crippen molar-refractivity contribution in [2.24, 2.45) is 11.5 Å². The number of urea groups is 1. The molecule has 4 aromatic carbocycles. The zero-order chi connectivity index (χ0) is 29.5. The van der Waals surface area contributed by atoms with Gasteiger partial charge in [0.1, 0.15) is 12.2 Å². The number of aliphatic hydroxyl groups excluding tert-OH is 2. The Morgan fingerprint density at radius 3 is 1.17 bits per heavy atom. The lowest BCUT2D eigenvalue weighted by Gasteiger charge is -2.36. The first-order valence-corrected chi connectivity index (χ1v) is 14.5. The molecule has 7 nitrogen and oxygen atoms in total. The minimum absolute atomic E-state index is 0.224. The van der Waals surface area contributed by atoms with Gasteiger partial charge in [0, 0.05) is 26.2 Å². The number of amides is 2. The smallest absolute Gasteiger partial charge is 0.321 e. The fourth-order valence-electron chi connectivity index (χ4n) is 5.77. The van der Waals surface area contributed by atoms with Crippen molar-refractivity contribution in [3.63, 3.8) is 0 Å². The van der Waals surface area contributed by atoms with E-state index in [1.54, 1.807) is 9.80 Å². The Labute approximate surface area is 248 Å². The van der Waals surface area contributed by atoms with Gasteiger partial charge in [0.15, 0.2) is 0 Å². The van der Waals surface area contributed by atoms with Crippen molar-refractivity contribution in [3.05, 3.63) is 143 Å². The number of nitrogens with two attached hydrogens (primary N) is 2. The van der Waals surface area contributed by atoms with Crippen molar-refractivity contribution >= 4 is 6.03 Å². The Kier molecular flexibility index (Phi) is 9.66. The molecule has 0 saturated carbocycles. The number of benzene rings is 4. The molecule has 4 atom stereocenters. The summed E-state index contributed by atoms with van der Waals surface area (Å²) in [6, 6.07) is 33.8. The summed E-state index contributed by atoms with van der Waals surface area (Å²) in [6.07, 6.45) is -1.53. The SMILES string of the molecule is NCc1ccc(CN2C(=O)N(Cc3ccc(CN)cc3)C(Cc3ccccc3)C(O)C(O)C2Cc2ccccc2)cc1. The van der Waals surface area contributed by atoms with Crippen LogP contribution in [0, 0.1) is 0 Å². The van der Waals surface area contributed by atoms with Gasteiger partial charge in [-0.15, -0.1) is 0 Å². The van der Waals surface area contributed by atoms with Gasteiger partial charge in [-0.25, -0.2) is 4.79 Å². The predicted molar refractivity (Wildman–Crippen MR) is 165 cm³/mol. The van der Waals surface area contributed by atoms with Crippen LogP contribution in [0.2, 0.25) is 0 Å². The number of aliphatic hydroxyl groups is 2. The maximum absolute atomic E-state index is 14.7. The van der Waals surface area contributed by atoms with Crippen LogP contribution in [0.1, 0.15) is 33.4 Å². The average molecular weight is 565 g/mol. The molecule has 1 fully saturated rings. The fraction of sp³-hybridized carbons (Fsp3) is 0.286. The number of carbonyl (C=O) groups excluding carboxylic acids is 1. The Bertz CT molecular complexity index is 1310. The number of carbonyl (C=O) groups is 1. The molecule has 1 aliphatic heterocycles. The topological polar surface area (TPSA) is 116 Å². The Balaban J connectivity index is 1.56. The summed E-state index contributed by atoms with van der Waals surface area (Å²) in [5.41, 5.74) is 17.5. The third kappa shape index (κ3) is 6.89. The highest BCUT2D eigenvalue weighted by atomic mass is 16.3. The molecule has 0 bridgehead atoms. The summed E-state index contributed by atoms with van der Waals surface area (Å²) in [4.78, 5) is 18.1. The van der Waals surface area contributed by atoms with Crippen molar-refractivity contribution < 1.29 is 15.0 Å². The van der Waals surface area contributed by atoms with E-state index in [4.69, 9.17) is 11.5 Å². The fourth-order valence-corrected chi connectivity index (χ4v) is 5.77. The van der Waals surface area contributed by atoms with E-state index in [0.29, 0.717) is 25.9 Å². The summed E-state index contributed by atoms with van der Waals surface area (Å²) in [5.74, 6) is 0. The van der Waals surface area contributed by atoms with E-state index in [1.807, 2.05) is 109 Å². The molecule has 218 valence electrons. The molecule has 5 rings (SSSR count). The van der Waals surface area contributed by atoms with Gasteiger partial charge in [-0.1, -0.05) is 109 Å². The predicted octanol–water partition coefficient (Wildman–Crippen LogP) is 3.99. The number of nitrogens with zero attached hydrogens (tertiary/aromatic N) is 2. The monoisotopic (exact) mass is 564 g/mol. The second-order valence-corrected chi connectivity index (χ2v) is 11.1. The van der Waals surface area contributed by atoms with Crippen LogP contribution < -0.4 is 11.5 Å². The molecular formula is C35H40N4O3. The van der Waals surface area contributed by atoms with E-state index >= 15 is 0 Å². The van der Waals surface area contributed by atoms with Crippen LogP contribution in [0.25, 0.3) is 0 Å². The van der Waals surface area contributed by atoms with Crippen molar-refractivity contribution in [3.8, 4) is 0 Å². The van der Waals surface area contributed by atoms with E-state index in [2.05, 4.69) is 0 Å². The van der Waals surface area contributed by atoms with Crippen molar-refractivity contribution in [1.29, 1.82) is 0 Å². The largest absolute Gasteiger partial charge is 0.388 e. The summed E-state index contributed by atoms with van der Waals surface area (Å²) < 4.78 is 0. The second kappa shape index (κ2) is 13.8. The molecule has 0 aliphatic carbocycles. The van der Waals surface area contributed by atoms with Gasteiger partial charge < -0.3 is 31.5 Å². The zero-order valence-corrected chi connectivity index (χ0v) is 23.8. The normalized spacial score (nSPS) is 20.9. The molecule has 1 aliphatic rings. The Hall–Kier alpha value is -4.01. The van der Waals surface area contributed by atoms with Crippen molar-refractivity contribution in [2.45, 2.75) is 63.3 Å². The van der Waals surface area contributed by atoms with Gasteiger partial charge in [0.05, 0.1) is 12.1 Å². The van der Waals surface area contributed by atoms with Gasteiger partial charge in [-0.2, -0.15) is 0 Å².